The van der Waals surface area contributed by atoms with E-state index in [0.717, 1.165) is 19.6 Å². The van der Waals surface area contributed by atoms with E-state index in [1.807, 2.05) is 4.90 Å². The van der Waals surface area contributed by atoms with Gasteiger partial charge in [-0.05, 0) is 19.4 Å². The van der Waals surface area contributed by atoms with E-state index >= 15 is 0 Å². The molecular formula is C11H20N2O2. The summed E-state index contributed by atoms with van der Waals surface area (Å²) in [5, 5.41) is 0. The lowest BCUT2D eigenvalue weighted by Gasteiger charge is -2.43. The van der Waals surface area contributed by atoms with Crippen molar-refractivity contribution in [1.29, 1.82) is 0 Å². The van der Waals surface area contributed by atoms with Crippen LogP contribution in [0, 0.1) is 0 Å². The van der Waals surface area contributed by atoms with Crippen LogP contribution in [0.15, 0.2) is 0 Å². The standard InChI is InChI=1S/C11H20N2O2/c1-15-9-11(14)13-7-6-12-5-3-2-4-10(12)8-13/h10H,2-9H2,1H3. The fourth-order valence-electron chi connectivity index (χ4n) is 2.60. The summed E-state index contributed by atoms with van der Waals surface area (Å²) in [7, 11) is 1.58. The Balaban J connectivity index is 1.87. The highest BCUT2D eigenvalue weighted by Crippen LogP contribution is 2.20. The molecule has 0 aromatic heterocycles. The zero-order valence-electron chi connectivity index (χ0n) is 9.45. The number of piperidine rings is 1. The monoisotopic (exact) mass is 212 g/mol. The minimum absolute atomic E-state index is 0.141. The molecule has 86 valence electrons. The van der Waals surface area contributed by atoms with E-state index in [1.54, 1.807) is 7.11 Å². The molecule has 0 aromatic carbocycles. The molecule has 0 saturated carbocycles. The molecule has 0 spiro atoms. The van der Waals surface area contributed by atoms with E-state index in [-0.39, 0.29) is 12.5 Å². The van der Waals surface area contributed by atoms with Crippen LogP contribution in [0.3, 0.4) is 0 Å². The fourth-order valence-corrected chi connectivity index (χ4v) is 2.60. The molecule has 4 heteroatoms. The second-order valence-electron chi connectivity index (χ2n) is 4.46. The highest BCUT2D eigenvalue weighted by Gasteiger charge is 2.30. The van der Waals surface area contributed by atoms with Crippen molar-refractivity contribution in [3.8, 4) is 0 Å². The average Bonchev–Trinajstić information content (AvgIpc) is 2.29. The fraction of sp³-hybridized carbons (Fsp3) is 0.909. The third-order valence-corrected chi connectivity index (χ3v) is 3.46. The summed E-state index contributed by atoms with van der Waals surface area (Å²) in [5.41, 5.74) is 0. The summed E-state index contributed by atoms with van der Waals surface area (Å²) in [6.07, 6.45) is 3.88. The van der Waals surface area contributed by atoms with Gasteiger partial charge in [-0.3, -0.25) is 9.69 Å². The second kappa shape index (κ2) is 4.94. The molecule has 4 nitrogen and oxygen atoms in total. The summed E-state index contributed by atoms with van der Waals surface area (Å²) in [6.45, 7) is 4.27. The van der Waals surface area contributed by atoms with Crippen molar-refractivity contribution in [3.05, 3.63) is 0 Å². The predicted molar refractivity (Wildman–Crippen MR) is 57.7 cm³/mol. The lowest BCUT2D eigenvalue weighted by molar-refractivity contribution is -0.138. The van der Waals surface area contributed by atoms with Gasteiger partial charge in [-0.1, -0.05) is 6.42 Å². The Hall–Kier alpha value is -0.610. The Morgan fingerprint density at radius 2 is 2.20 bits per heavy atom. The van der Waals surface area contributed by atoms with Gasteiger partial charge in [0.1, 0.15) is 6.61 Å². The van der Waals surface area contributed by atoms with Gasteiger partial charge in [-0.2, -0.15) is 0 Å². The summed E-state index contributed by atoms with van der Waals surface area (Å²) < 4.78 is 4.89. The highest BCUT2D eigenvalue weighted by atomic mass is 16.5. The molecule has 1 amide bonds. The Bertz CT molecular complexity index is 233. The van der Waals surface area contributed by atoms with Crippen molar-refractivity contribution < 1.29 is 9.53 Å². The van der Waals surface area contributed by atoms with Gasteiger partial charge in [-0.25, -0.2) is 0 Å². The van der Waals surface area contributed by atoms with Crippen LogP contribution in [0.4, 0.5) is 0 Å². The van der Waals surface area contributed by atoms with Crippen molar-refractivity contribution in [2.45, 2.75) is 25.3 Å². The maximum Gasteiger partial charge on any atom is 0.248 e. The van der Waals surface area contributed by atoms with Crippen molar-refractivity contribution in [3.63, 3.8) is 0 Å². The minimum Gasteiger partial charge on any atom is -0.375 e. The van der Waals surface area contributed by atoms with E-state index < -0.39 is 0 Å². The number of piperazine rings is 1. The van der Waals surface area contributed by atoms with Crippen LogP contribution in [0.1, 0.15) is 19.3 Å². The zero-order valence-corrected chi connectivity index (χ0v) is 9.45. The van der Waals surface area contributed by atoms with Crippen LogP contribution in [-0.4, -0.2) is 61.6 Å². The Morgan fingerprint density at radius 3 is 3.00 bits per heavy atom. The number of hydrogen-bond acceptors (Lipinski definition) is 3. The van der Waals surface area contributed by atoms with Gasteiger partial charge in [-0.15, -0.1) is 0 Å². The molecule has 15 heavy (non-hydrogen) atoms. The summed E-state index contributed by atoms with van der Waals surface area (Å²) >= 11 is 0. The molecule has 0 radical (unpaired) electrons. The Kier molecular flexibility index (Phi) is 3.59. The van der Waals surface area contributed by atoms with E-state index in [1.165, 1.54) is 25.8 Å². The molecule has 2 heterocycles. The number of ether oxygens (including phenoxy) is 1. The zero-order chi connectivity index (χ0) is 10.7. The molecular weight excluding hydrogens is 192 g/mol. The molecule has 1 unspecified atom stereocenters. The van der Waals surface area contributed by atoms with Gasteiger partial charge in [0.25, 0.3) is 0 Å². The molecule has 2 aliphatic heterocycles. The lowest BCUT2D eigenvalue weighted by Crippen LogP contribution is -2.56. The van der Waals surface area contributed by atoms with Crippen molar-refractivity contribution >= 4 is 5.91 Å². The molecule has 0 aliphatic carbocycles. The molecule has 2 saturated heterocycles. The number of carbonyl (C=O) groups is 1. The van der Waals surface area contributed by atoms with Gasteiger partial charge in [0, 0.05) is 32.8 Å². The second-order valence-corrected chi connectivity index (χ2v) is 4.46. The predicted octanol–water partition coefficient (Wildman–Crippen LogP) is 0.329. The van der Waals surface area contributed by atoms with Gasteiger partial charge >= 0.3 is 0 Å². The van der Waals surface area contributed by atoms with Crippen LogP contribution in [0.25, 0.3) is 0 Å². The van der Waals surface area contributed by atoms with Crippen molar-refractivity contribution in [2.24, 2.45) is 0 Å². The van der Waals surface area contributed by atoms with Crippen LogP contribution < -0.4 is 0 Å². The third kappa shape index (κ3) is 2.49. The Labute approximate surface area is 91.2 Å². The topological polar surface area (TPSA) is 32.8 Å². The van der Waals surface area contributed by atoms with E-state index in [0.29, 0.717) is 6.04 Å². The number of amides is 1. The number of carbonyl (C=O) groups excluding carboxylic acids is 1. The first kappa shape index (κ1) is 10.9. The number of rotatable bonds is 2. The molecule has 0 bridgehead atoms. The van der Waals surface area contributed by atoms with Crippen LogP contribution in [0.5, 0.6) is 0 Å². The van der Waals surface area contributed by atoms with Gasteiger partial charge in [0.15, 0.2) is 0 Å². The Morgan fingerprint density at radius 1 is 1.33 bits per heavy atom. The maximum atomic E-state index is 11.7. The third-order valence-electron chi connectivity index (χ3n) is 3.46. The molecule has 0 N–H and O–H groups in total. The van der Waals surface area contributed by atoms with Crippen molar-refractivity contribution in [1.82, 2.24) is 9.80 Å². The number of methoxy groups -OCH3 is 1. The quantitative estimate of drug-likeness (QED) is 0.661. The summed E-state index contributed by atoms with van der Waals surface area (Å²) in [4.78, 5) is 16.1. The van der Waals surface area contributed by atoms with Gasteiger partial charge < -0.3 is 9.64 Å². The molecule has 1 atom stereocenters. The number of hydrogen-bond donors (Lipinski definition) is 0. The SMILES string of the molecule is COCC(=O)N1CCN2CCCCC2C1. The normalized spacial score (nSPS) is 27.5. The first-order chi connectivity index (χ1) is 7.31. The number of fused-ring (bicyclic) bond motifs is 1. The first-order valence-corrected chi connectivity index (χ1v) is 5.82. The van der Waals surface area contributed by atoms with Gasteiger partial charge in [0.2, 0.25) is 5.91 Å². The number of nitrogens with zero attached hydrogens (tertiary/aromatic N) is 2. The van der Waals surface area contributed by atoms with E-state index in [2.05, 4.69) is 4.90 Å². The summed E-state index contributed by atoms with van der Waals surface area (Å²) in [5.74, 6) is 0.141. The first-order valence-electron chi connectivity index (χ1n) is 5.82. The smallest absolute Gasteiger partial charge is 0.248 e. The highest BCUT2D eigenvalue weighted by molar-refractivity contribution is 5.77. The lowest BCUT2D eigenvalue weighted by atomic mass is 9.99. The maximum absolute atomic E-state index is 11.7. The molecule has 2 aliphatic rings. The average molecular weight is 212 g/mol. The molecule has 0 aromatic rings. The van der Waals surface area contributed by atoms with Crippen LogP contribution in [-0.2, 0) is 9.53 Å². The summed E-state index contributed by atoms with van der Waals surface area (Å²) in [6, 6.07) is 0.605. The van der Waals surface area contributed by atoms with Gasteiger partial charge in [0.05, 0.1) is 0 Å². The molecule has 2 fully saturated rings. The van der Waals surface area contributed by atoms with Crippen LogP contribution >= 0.6 is 0 Å². The van der Waals surface area contributed by atoms with Crippen molar-refractivity contribution in [2.75, 3.05) is 39.9 Å². The largest absolute Gasteiger partial charge is 0.375 e. The molecule has 2 rings (SSSR count). The minimum atomic E-state index is 0.141. The van der Waals surface area contributed by atoms with E-state index in [4.69, 9.17) is 4.74 Å². The van der Waals surface area contributed by atoms with Crippen LogP contribution in [0.2, 0.25) is 0 Å². The van der Waals surface area contributed by atoms with E-state index in [9.17, 15) is 4.79 Å².